The van der Waals surface area contributed by atoms with E-state index in [0.29, 0.717) is 23.9 Å². The van der Waals surface area contributed by atoms with E-state index in [0.717, 1.165) is 40.1 Å². The van der Waals surface area contributed by atoms with Crippen molar-refractivity contribution in [2.75, 3.05) is 20.8 Å². The summed E-state index contributed by atoms with van der Waals surface area (Å²) < 4.78 is 18.1. The quantitative estimate of drug-likeness (QED) is 0.352. The van der Waals surface area contributed by atoms with Crippen LogP contribution in [0.1, 0.15) is 16.7 Å². The van der Waals surface area contributed by atoms with Crippen LogP contribution in [-0.2, 0) is 19.6 Å². The van der Waals surface area contributed by atoms with E-state index in [1.165, 1.54) is 5.56 Å². The average molecular weight is 491 g/mol. The van der Waals surface area contributed by atoms with Crippen LogP contribution in [-0.4, -0.2) is 20.8 Å². The van der Waals surface area contributed by atoms with Crippen LogP contribution < -0.4 is 19.5 Å². The standard InChI is InChI=1S/C24H25BrClNO3/c1-28-22-6-4-3-5-18(22)13-14-27-15-20-21(25)11-12-23(29-2)24(20)30-16-17-7-9-19(26)10-8-17/h3-12,27H,13-16H2,1-2H3. The lowest BCUT2D eigenvalue weighted by atomic mass is 10.1. The molecule has 3 aromatic rings. The highest BCUT2D eigenvalue weighted by Crippen LogP contribution is 2.37. The summed E-state index contributed by atoms with van der Waals surface area (Å²) in [5.74, 6) is 2.34. The number of rotatable bonds is 10. The van der Waals surface area contributed by atoms with E-state index in [2.05, 4.69) is 27.3 Å². The van der Waals surface area contributed by atoms with Crippen LogP contribution >= 0.6 is 27.5 Å². The Kier molecular flexibility index (Phi) is 8.43. The van der Waals surface area contributed by atoms with Crippen LogP contribution in [0.3, 0.4) is 0 Å². The van der Waals surface area contributed by atoms with Gasteiger partial charge in [0, 0.05) is 21.6 Å². The van der Waals surface area contributed by atoms with Gasteiger partial charge in [-0.05, 0) is 54.4 Å². The van der Waals surface area contributed by atoms with Gasteiger partial charge in [0.05, 0.1) is 14.2 Å². The molecule has 0 saturated carbocycles. The number of ether oxygens (including phenoxy) is 3. The monoisotopic (exact) mass is 489 g/mol. The average Bonchev–Trinajstić information content (AvgIpc) is 2.77. The van der Waals surface area contributed by atoms with E-state index < -0.39 is 0 Å². The van der Waals surface area contributed by atoms with Gasteiger partial charge in [0.1, 0.15) is 12.4 Å². The molecule has 0 aliphatic carbocycles. The van der Waals surface area contributed by atoms with E-state index in [4.69, 9.17) is 25.8 Å². The molecule has 0 bridgehead atoms. The first kappa shape index (κ1) is 22.5. The van der Waals surface area contributed by atoms with Crippen LogP contribution in [0.2, 0.25) is 5.02 Å². The van der Waals surface area contributed by atoms with Crippen molar-refractivity contribution in [3.8, 4) is 17.2 Å². The van der Waals surface area contributed by atoms with Crippen molar-refractivity contribution in [1.29, 1.82) is 0 Å². The number of nitrogens with one attached hydrogen (secondary N) is 1. The summed E-state index contributed by atoms with van der Waals surface area (Å²) in [6.07, 6.45) is 0.868. The van der Waals surface area contributed by atoms with E-state index in [1.54, 1.807) is 14.2 Å². The van der Waals surface area contributed by atoms with E-state index in [9.17, 15) is 0 Å². The number of hydrogen-bond acceptors (Lipinski definition) is 4. The summed E-state index contributed by atoms with van der Waals surface area (Å²) in [6, 6.07) is 19.6. The Morgan fingerprint density at radius 3 is 2.37 bits per heavy atom. The van der Waals surface area contributed by atoms with Crippen molar-refractivity contribution in [2.45, 2.75) is 19.6 Å². The first-order valence-corrected chi connectivity index (χ1v) is 10.8. The van der Waals surface area contributed by atoms with Gasteiger partial charge >= 0.3 is 0 Å². The van der Waals surface area contributed by atoms with Crippen molar-refractivity contribution < 1.29 is 14.2 Å². The fourth-order valence-corrected chi connectivity index (χ4v) is 3.73. The molecule has 0 amide bonds. The van der Waals surface area contributed by atoms with Crippen LogP contribution in [0.4, 0.5) is 0 Å². The van der Waals surface area contributed by atoms with Gasteiger partial charge in [0.2, 0.25) is 0 Å². The summed E-state index contributed by atoms with van der Waals surface area (Å²) in [5.41, 5.74) is 3.23. The third-order valence-electron chi connectivity index (χ3n) is 4.75. The molecular formula is C24H25BrClNO3. The summed E-state index contributed by atoms with van der Waals surface area (Å²) in [4.78, 5) is 0. The number of methoxy groups -OCH3 is 2. The zero-order valence-electron chi connectivity index (χ0n) is 17.1. The minimum Gasteiger partial charge on any atom is -0.496 e. The highest BCUT2D eigenvalue weighted by atomic mass is 79.9. The largest absolute Gasteiger partial charge is 0.496 e. The van der Waals surface area contributed by atoms with Gasteiger partial charge in [0.25, 0.3) is 0 Å². The summed E-state index contributed by atoms with van der Waals surface area (Å²) in [6.45, 7) is 1.88. The van der Waals surface area contributed by atoms with E-state index in [-0.39, 0.29) is 0 Å². The van der Waals surface area contributed by atoms with Gasteiger partial charge in [0.15, 0.2) is 11.5 Å². The maximum atomic E-state index is 6.16. The van der Waals surface area contributed by atoms with Crippen LogP contribution in [0.15, 0.2) is 65.1 Å². The van der Waals surface area contributed by atoms with Crippen LogP contribution in [0.25, 0.3) is 0 Å². The number of hydrogen-bond donors (Lipinski definition) is 1. The number of halogens is 2. The summed E-state index contributed by atoms with van der Waals surface area (Å²) >= 11 is 9.63. The van der Waals surface area contributed by atoms with Gasteiger partial charge in [-0.3, -0.25) is 0 Å². The van der Waals surface area contributed by atoms with Crippen LogP contribution in [0.5, 0.6) is 17.2 Å². The first-order valence-electron chi connectivity index (χ1n) is 9.67. The zero-order chi connectivity index (χ0) is 21.3. The topological polar surface area (TPSA) is 39.7 Å². The van der Waals surface area contributed by atoms with Gasteiger partial charge in [-0.2, -0.15) is 0 Å². The summed E-state index contributed by atoms with van der Waals surface area (Å²) in [5, 5.41) is 4.21. The van der Waals surface area contributed by atoms with Gasteiger partial charge in [-0.1, -0.05) is 57.9 Å². The maximum Gasteiger partial charge on any atom is 0.167 e. The Balaban J connectivity index is 1.67. The molecule has 0 fully saturated rings. The molecular weight excluding hydrogens is 466 g/mol. The minimum absolute atomic E-state index is 0.429. The highest BCUT2D eigenvalue weighted by Gasteiger charge is 2.15. The Labute approximate surface area is 191 Å². The minimum atomic E-state index is 0.429. The maximum absolute atomic E-state index is 6.16. The molecule has 158 valence electrons. The lowest BCUT2D eigenvalue weighted by molar-refractivity contribution is 0.280. The van der Waals surface area contributed by atoms with Gasteiger partial charge < -0.3 is 19.5 Å². The predicted molar refractivity (Wildman–Crippen MR) is 125 cm³/mol. The predicted octanol–water partition coefficient (Wildman–Crippen LogP) is 6.03. The van der Waals surface area contributed by atoms with Crippen molar-refractivity contribution in [2.24, 2.45) is 0 Å². The molecule has 0 atom stereocenters. The zero-order valence-corrected chi connectivity index (χ0v) is 19.4. The lowest BCUT2D eigenvalue weighted by Crippen LogP contribution is -2.18. The Bertz CT molecular complexity index is 963. The number of para-hydroxylation sites is 1. The molecule has 0 aliphatic rings. The van der Waals surface area contributed by atoms with Gasteiger partial charge in [-0.25, -0.2) is 0 Å². The molecule has 30 heavy (non-hydrogen) atoms. The Morgan fingerprint density at radius 2 is 1.63 bits per heavy atom. The molecule has 6 heteroatoms. The fraction of sp³-hybridized carbons (Fsp3) is 0.250. The normalized spacial score (nSPS) is 10.7. The van der Waals surface area contributed by atoms with E-state index >= 15 is 0 Å². The first-order chi connectivity index (χ1) is 14.6. The Morgan fingerprint density at radius 1 is 0.900 bits per heavy atom. The molecule has 4 nitrogen and oxygen atoms in total. The second-order valence-corrected chi connectivity index (χ2v) is 8.00. The number of benzene rings is 3. The molecule has 3 rings (SSSR count). The molecule has 0 radical (unpaired) electrons. The molecule has 0 aromatic heterocycles. The second kappa shape index (κ2) is 11.3. The van der Waals surface area contributed by atoms with Crippen LogP contribution in [0, 0.1) is 0 Å². The van der Waals surface area contributed by atoms with E-state index in [1.807, 2.05) is 54.6 Å². The van der Waals surface area contributed by atoms with Gasteiger partial charge in [-0.15, -0.1) is 0 Å². The van der Waals surface area contributed by atoms with Crippen molar-refractivity contribution in [3.63, 3.8) is 0 Å². The molecule has 0 unspecified atom stereocenters. The second-order valence-electron chi connectivity index (χ2n) is 6.71. The molecule has 1 N–H and O–H groups in total. The smallest absolute Gasteiger partial charge is 0.167 e. The third kappa shape index (κ3) is 5.91. The molecule has 0 aliphatic heterocycles. The molecule has 3 aromatic carbocycles. The molecule has 0 saturated heterocycles. The SMILES string of the molecule is COc1ccccc1CCNCc1c(Br)ccc(OC)c1OCc1ccc(Cl)cc1. The third-order valence-corrected chi connectivity index (χ3v) is 5.74. The van der Waals surface area contributed by atoms with Crippen molar-refractivity contribution >= 4 is 27.5 Å². The highest BCUT2D eigenvalue weighted by molar-refractivity contribution is 9.10. The summed E-state index contributed by atoms with van der Waals surface area (Å²) in [7, 11) is 3.35. The fourth-order valence-electron chi connectivity index (χ4n) is 3.15. The lowest BCUT2D eigenvalue weighted by Gasteiger charge is -2.17. The van der Waals surface area contributed by atoms with Crippen molar-refractivity contribution in [1.82, 2.24) is 5.32 Å². The Hall–Kier alpha value is -2.21. The molecule has 0 heterocycles. The van der Waals surface area contributed by atoms with Crippen molar-refractivity contribution in [3.05, 3.63) is 86.8 Å². The molecule has 0 spiro atoms.